The van der Waals surface area contributed by atoms with E-state index in [0.29, 0.717) is 0 Å². The molecule has 3 heterocycles. The number of piperazine rings is 1. The second kappa shape index (κ2) is 8.61. The third kappa shape index (κ3) is 4.28. The number of aromatic nitrogens is 1. The first-order chi connectivity index (χ1) is 13.7. The van der Waals surface area contributed by atoms with Gasteiger partial charge in [0.25, 0.3) is 0 Å². The fourth-order valence-electron chi connectivity index (χ4n) is 4.17. The summed E-state index contributed by atoms with van der Waals surface area (Å²) in [5.74, 6) is 1.02. The molecule has 0 bridgehead atoms. The van der Waals surface area contributed by atoms with Gasteiger partial charge in [-0.1, -0.05) is 36.4 Å². The first-order valence-electron chi connectivity index (χ1n) is 10.2. The summed E-state index contributed by atoms with van der Waals surface area (Å²) in [4.78, 5) is 24.1. The molecule has 1 atom stereocenters. The Morgan fingerprint density at radius 3 is 2.46 bits per heavy atom. The molecule has 0 aliphatic carbocycles. The Kier molecular flexibility index (Phi) is 5.76. The summed E-state index contributed by atoms with van der Waals surface area (Å²) < 4.78 is 0. The van der Waals surface area contributed by atoms with Gasteiger partial charge in [-0.25, -0.2) is 9.78 Å². The quantitative estimate of drug-likeness (QED) is 0.891. The molecule has 6 heteroatoms. The average molecular weight is 380 g/mol. The molecule has 1 aromatic heterocycles. The van der Waals surface area contributed by atoms with Crippen molar-refractivity contribution in [2.75, 3.05) is 44.7 Å². The van der Waals surface area contributed by atoms with Gasteiger partial charge in [-0.3, -0.25) is 0 Å². The van der Waals surface area contributed by atoms with E-state index in [9.17, 15) is 4.79 Å². The lowest BCUT2D eigenvalue weighted by molar-refractivity contribution is 0.106. The van der Waals surface area contributed by atoms with Crippen LogP contribution < -0.4 is 10.2 Å². The molecule has 0 saturated carbocycles. The number of rotatable bonds is 3. The maximum absolute atomic E-state index is 13.1. The number of carbonyl (C=O) groups excluding carboxylic acids is 1. The van der Waals surface area contributed by atoms with Crippen molar-refractivity contribution in [3.63, 3.8) is 0 Å². The third-order valence-electron chi connectivity index (χ3n) is 5.82. The zero-order valence-corrected chi connectivity index (χ0v) is 16.5. The highest BCUT2D eigenvalue weighted by atomic mass is 16.2. The molecule has 2 saturated heterocycles. The molecular formula is C22H29N5O. The maximum atomic E-state index is 13.1. The summed E-state index contributed by atoms with van der Waals surface area (Å²) >= 11 is 0. The molecular weight excluding hydrogens is 350 g/mol. The van der Waals surface area contributed by atoms with Crippen molar-refractivity contribution in [1.29, 1.82) is 0 Å². The predicted octanol–water partition coefficient (Wildman–Crippen LogP) is 2.75. The number of piperidine rings is 1. The van der Waals surface area contributed by atoms with Gasteiger partial charge in [0, 0.05) is 45.0 Å². The maximum Gasteiger partial charge on any atom is 0.318 e. The van der Waals surface area contributed by atoms with Crippen LogP contribution in [0, 0.1) is 0 Å². The topological polar surface area (TPSA) is 51.7 Å². The Morgan fingerprint density at radius 2 is 1.75 bits per heavy atom. The summed E-state index contributed by atoms with van der Waals surface area (Å²) in [6.45, 7) is 4.39. The number of benzene rings is 1. The summed E-state index contributed by atoms with van der Waals surface area (Å²) in [6, 6.07) is 16.8. The number of hydrogen-bond donors (Lipinski definition) is 1. The monoisotopic (exact) mass is 379 g/mol. The molecule has 4 rings (SSSR count). The Bertz CT molecular complexity index is 761. The van der Waals surface area contributed by atoms with Gasteiger partial charge in [0.2, 0.25) is 0 Å². The van der Waals surface area contributed by atoms with E-state index in [2.05, 4.69) is 39.3 Å². The minimum absolute atomic E-state index is 0.0678. The minimum atomic E-state index is 0.0678. The summed E-state index contributed by atoms with van der Waals surface area (Å²) in [7, 11) is 2.12. The number of nitrogens with zero attached hydrogens (tertiary/aromatic N) is 4. The Balaban J connectivity index is 1.36. The molecule has 2 fully saturated rings. The van der Waals surface area contributed by atoms with E-state index in [1.165, 1.54) is 5.56 Å². The van der Waals surface area contributed by atoms with E-state index in [0.717, 1.165) is 51.4 Å². The molecule has 1 aromatic carbocycles. The van der Waals surface area contributed by atoms with Gasteiger partial charge in [-0.2, -0.15) is 0 Å². The van der Waals surface area contributed by atoms with E-state index in [-0.39, 0.29) is 18.1 Å². The van der Waals surface area contributed by atoms with E-state index in [1.54, 1.807) is 0 Å². The lowest BCUT2D eigenvalue weighted by Gasteiger charge is -2.41. The zero-order chi connectivity index (χ0) is 19.3. The first-order valence-corrected chi connectivity index (χ1v) is 10.2. The predicted molar refractivity (Wildman–Crippen MR) is 111 cm³/mol. The molecule has 2 aliphatic rings. The van der Waals surface area contributed by atoms with Gasteiger partial charge < -0.3 is 20.0 Å². The SMILES string of the molecule is CN1CCN(C(=O)NC2CCN(c3ccccn3)CC2)C(c2ccccc2)C1. The van der Waals surface area contributed by atoms with Crippen molar-refractivity contribution in [2.45, 2.75) is 24.9 Å². The number of amides is 2. The second-order valence-corrected chi connectivity index (χ2v) is 7.78. The highest BCUT2D eigenvalue weighted by molar-refractivity contribution is 5.75. The highest BCUT2D eigenvalue weighted by Gasteiger charge is 2.32. The van der Waals surface area contributed by atoms with Crippen LogP contribution in [-0.4, -0.2) is 66.6 Å². The van der Waals surface area contributed by atoms with E-state index < -0.39 is 0 Å². The van der Waals surface area contributed by atoms with Crippen LogP contribution in [-0.2, 0) is 0 Å². The summed E-state index contributed by atoms with van der Waals surface area (Å²) in [6.07, 6.45) is 3.73. The molecule has 148 valence electrons. The molecule has 2 aliphatic heterocycles. The zero-order valence-electron chi connectivity index (χ0n) is 16.5. The van der Waals surface area contributed by atoms with E-state index in [4.69, 9.17) is 0 Å². The smallest absolute Gasteiger partial charge is 0.318 e. The number of carbonyl (C=O) groups is 1. The van der Waals surface area contributed by atoms with E-state index in [1.807, 2.05) is 47.5 Å². The normalized spacial score (nSPS) is 21.5. The molecule has 28 heavy (non-hydrogen) atoms. The Hall–Kier alpha value is -2.60. The van der Waals surface area contributed by atoms with Gasteiger partial charge in [-0.15, -0.1) is 0 Å². The van der Waals surface area contributed by atoms with Gasteiger partial charge in [-0.05, 0) is 37.6 Å². The van der Waals surface area contributed by atoms with Crippen LogP contribution in [0.25, 0.3) is 0 Å². The number of anilines is 1. The van der Waals surface area contributed by atoms with Crippen LogP contribution in [0.3, 0.4) is 0 Å². The minimum Gasteiger partial charge on any atom is -0.356 e. The average Bonchev–Trinajstić information content (AvgIpc) is 2.75. The fraction of sp³-hybridized carbons (Fsp3) is 0.455. The van der Waals surface area contributed by atoms with Gasteiger partial charge in [0.15, 0.2) is 0 Å². The molecule has 2 aromatic rings. The number of pyridine rings is 1. The largest absolute Gasteiger partial charge is 0.356 e. The Morgan fingerprint density at radius 1 is 1.00 bits per heavy atom. The van der Waals surface area contributed by atoms with Crippen LogP contribution >= 0.6 is 0 Å². The second-order valence-electron chi connectivity index (χ2n) is 7.78. The number of nitrogens with one attached hydrogen (secondary N) is 1. The van der Waals surface area contributed by atoms with Gasteiger partial charge >= 0.3 is 6.03 Å². The molecule has 6 nitrogen and oxygen atoms in total. The molecule has 1 N–H and O–H groups in total. The molecule has 0 spiro atoms. The fourth-order valence-corrected chi connectivity index (χ4v) is 4.17. The van der Waals surface area contributed by atoms with Crippen LogP contribution in [0.1, 0.15) is 24.4 Å². The lowest BCUT2D eigenvalue weighted by Crippen LogP contribution is -2.55. The van der Waals surface area contributed by atoms with Crippen LogP contribution in [0.15, 0.2) is 54.7 Å². The lowest BCUT2D eigenvalue weighted by atomic mass is 10.0. The van der Waals surface area contributed by atoms with Crippen LogP contribution in [0.5, 0.6) is 0 Å². The molecule has 2 amide bonds. The first kappa shape index (κ1) is 18.7. The van der Waals surface area contributed by atoms with Gasteiger partial charge in [0.05, 0.1) is 6.04 Å². The van der Waals surface area contributed by atoms with Crippen molar-refractivity contribution >= 4 is 11.8 Å². The highest BCUT2D eigenvalue weighted by Crippen LogP contribution is 2.25. The van der Waals surface area contributed by atoms with E-state index >= 15 is 0 Å². The number of urea groups is 1. The molecule has 1 unspecified atom stereocenters. The van der Waals surface area contributed by atoms with Gasteiger partial charge in [0.1, 0.15) is 5.82 Å². The van der Waals surface area contributed by atoms with Crippen molar-refractivity contribution in [1.82, 2.24) is 20.1 Å². The van der Waals surface area contributed by atoms with Crippen molar-refractivity contribution in [3.05, 3.63) is 60.3 Å². The summed E-state index contributed by atoms with van der Waals surface area (Å²) in [5, 5.41) is 3.30. The van der Waals surface area contributed by atoms with Crippen LogP contribution in [0.2, 0.25) is 0 Å². The molecule has 0 radical (unpaired) electrons. The van der Waals surface area contributed by atoms with Crippen molar-refractivity contribution in [3.8, 4) is 0 Å². The van der Waals surface area contributed by atoms with Crippen molar-refractivity contribution < 1.29 is 4.79 Å². The number of hydrogen-bond acceptors (Lipinski definition) is 4. The standard InChI is InChI=1S/C22H29N5O/c1-25-15-16-27(20(17-25)18-7-3-2-4-8-18)22(28)24-19-10-13-26(14-11-19)21-9-5-6-12-23-21/h2-9,12,19-20H,10-11,13-17H2,1H3,(H,24,28). The van der Waals surface area contributed by atoms with Crippen LogP contribution in [0.4, 0.5) is 10.6 Å². The number of likely N-dealkylation sites (N-methyl/N-ethyl adjacent to an activating group) is 1. The van der Waals surface area contributed by atoms with Crippen molar-refractivity contribution in [2.24, 2.45) is 0 Å². The third-order valence-corrected chi connectivity index (χ3v) is 5.82. The Labute approximate surface area is 167 Å². The summed E-state index contributed by atoms with van der Waals surface area (Å²) in [5.41, 5.74) is 1.20.